The van der Waals surface area contributed by atoms with Crippen LogP contribution in [0.4, 0.5) is 0 Å². The number of methoxy groups -OCH3 is 1. The minimum absolute atomic E-state index is 0.121. The van der Waals surface area contributed by atoms with E-state index >= 15 is 0 Å². The van der Waals surface area contributed by atoms with Crippen LogP contribution >= 0.6 is 12.6 Å². The number of hydrogen-bond acceptors (Lipinski definition) is 3. The molecule has 72 valence electrons. The molecule has 0 N–H and O–H groups in total. The first-order valence-corrected chi connectivity index (χ1v) is 14.9. The van der Waals surface area contributed by atoms with Gasteiger partial charge in [0.25, 0.3) is 0 Å². The van der Waals surface area contributed by atoms with Crippen molar-refractivity contribution in [3.63, 3.8) is 0 Å². The third kappa shape index (κ3) is 5.30. The zero-order chi connectivity index (χ0) is 9.78. The third-order valence-corrected chi connectivity index (χ3v) is 13.8. The molecule has 0 aliphatic heterocycles. The summed E-state index contributed by atoms with van der Waals surface area (Å²) in [7, 11) is 1.43. The van der Waals surface area contributed by atoms with Crippen molar-refractivity contribution >= 4 is 37.0 Å². The monoisotopic (exact) mass is 298 g/mol. The van der Waals surface area contributed by atoms with Crippen molar-refractivity contribution in [2.45, 2.75) is 30.9 Å². The van der Waals surface area contributed by atoms with Gasteiger partial charge < -0.3 is 0 Å². The molecule has 12 heavy (non-hydrogen) atoms. The Labute approximate surface area is 84.3 Å². The van der Waals surface area contributed by atoms with Gasteiger partial charge >= 0.3 is 84.5 Å². The molecule has 0 aliphatic rings. The van der Waals surface area contributed by atoms with Gasteiger partial charge in [0.2, 0.25) is 0 Å². The molecule has 0 rings (SSSR count). The molecule has 0 spiro atoms. The van der Waals surface area contributed by atoms with Gasteiger partial charge in [-0.3, -0.25) is 0 Å². The molecule has 4 heteroatoms. The minimum atomic E-state index is -1.87. The number of thiol groups is 1. The first-order chi connectivity index (χ1) is 5.38. The Morgan fingerprint density at radius 2 is 2.00 bits per heavy atom. The Bertz CT molecular complexity index is 154. The second-order valence-electron chi connectivity index (χ2n) is 4.00. The van der Waals surface area contributed by atoms with Crippen LogP contribution in [0.3, 0.4) is 0 Å². The van der Waals surface area contributed by atoms with Crippen molar-refractivity contribution < 1.29 is 9.53 Å². The molecule has 1 atom stereocenters. The normalized spacial score (nSPS) is 14.1. The number of ether oxygens (including phenoxy) is 1. The summed E-state index contributed by atoms with van der Waals surface area (Å²) in [5.74, 6) is -0.121. The predicted octanol–water partition coefficient (Wildman–Crippen LogP) is 2.12. The topological polar surface area (TPSA) is 26.3 Å². The maximum absolute atomic E-state index is 10.8. The van der Waals surface area contributed by atoms with Crippen LogP contribution in [0.5, 0.6) is 0 Å². The van der Waals surface area contributed by atoms with E-state index in [9.17, 15) is 4.79 Å². The fourth-order valence-corrected chi connectivity index (χ4v) is 3.80. The van der Waals surface area contributed by atoms with E-state index in [1.165, 1.54) is 7.11 Å². The molecule has 0 saturated heterocycles. The number of carbonyl (C=O) groups excluding carboxylic acids is 1. The van der Waals surface area contributed by atoms with E-state index in [0.29, 0.717) is 9.69 Å². The van der Waals surface area contributed by atoms with Crippen molar-refractivity contribution in [3.05, 3.63) is 0 Å². The van der Waals surface area contributed by atoms with Crippen LogP contribution in [0.15, 0.2) is 0 Å². The number of rotatable bonds is 4. The van der Waals surface area contributed by atoms with E-state index in [4.69, 9.17) is 0 Å². The zero-order valence-corrected chi connectivity index (χ0v) is 12.0. The average Bonchev–Trinajstić information content (AvgIpc) is 1.97. The summed E-state index contributed by atoms with van der Waals surface area (Å²) in [5, 5.41) is 0. The first kappa shape index (κ1) is 12.6. The van der Waals surface area contributed by atoms with Crippen molar-refractivity contribution in [1.82, 2.24) is 0 Å². The van der Waals surface area contributed by atoms with Gasteiger partial charge in [-0.25, -0.2) is 0 Å². The van der Waals surface area contributed by atoms with Gasteiger partial charge in [-0.1, -0.05) is 0 Å². The Hall–Kier alpha value is 0.619. The summed E-state index contributed by atoms with van der Waals surface area (Å²) >= 11 is 2.64. The van der Waals surface area contributed by atoms with Crippen molar-refractivity contribution in [2.75, 3.05) is 7.11 Å². The van der Waals surface area contributed by atoms with Gasteiger partial charge in [-0.2, -0.15) is 0 Å². The molecule has 0 saturated carbocycles. The van der Waals surface area contributed by atoms with E-state index in [2.05, 4.69) is 32.2 Å². The molecule has 0 fully saturated rings. The van der Waals surface area contributed by atoms with E-state index in [-0.39, 0.29) is 5.97 Å². The standard InChI is InChI=1S/C5H9O2S.3CH3.Sn/c1-7-5(6)3-2-4-8;;;;/h4,8H,2-3H2,1H3;3*1H3;. The second kappa shape index (κ2) is 5.37. The van der Waals surface area contributed by atoms with Gasteiger partial charge in [0.15, 0.2) is 0 Å². The molecule has 0 radical (unpaired) electrons. The van der Waals surface area contributed by atoms with Crippen LogP contribution < -0.4 is 0 Å². The van der Waals surface area contributed by atoms with E-state index < -0.39 is 18.4 Å². The van der Waals surface area contributed by atoms with Crippen molar-refractivity contribution in [2.24, 2.45) is 0 Å². The number of esters is 1. The summed E-state index contributed by atoms with van der Waals surface area (Å²) in [6.07, 6.45) is 1.38. The van der Waals surface area contributed by atoms with Gasteiger partial charge in [0.1, 0.15) is 0 Å². The van der Waals surface area contributed by atoms with Gasteiger partial charge in [-0.05, 0) is 0 Å². The molecule has 0 aromatic carbocycles. The van der Waals surface area contributed by atoms with Crippen LogP contribution in [-0.2, 0) is 9.53 Å². The van der Waals surface area contributed by atoms with Gasteiger partial charge in [-0.15, -0.1) is 0 Å². The van der Waals surface area contributed by atoms with Crippen LogP contribution in [0, 0.1) is 0 Å². The molecule has 0 aromatic heterocycles. The maximum atomic E-state index is 10.8. The predicted molar refractivity (Wildman–Crippen MR) is 57.4 cm³/mol. The molecule has 0 aromatic rings. The van der Waals surface area contributed by atoms with Gasteiger partial charge in [0.05, 0.1) is 0 Å². The molecule has 0 amide bonds. The Balaban J connectivity index is 3.72. The molecule has 0 bridgehead atoms. The Morgan fingerprint density at radius 1 is 1.50 bits per heavy atom. The summed E-state index contributed by atoms with van der Waals surface area (Å²) in [6.45, 7) is 0. The first-order valence-electron chi connectivity index (χ1n) is 4.13. The van der Waals surface area contributed by atoms with E-state index in [1.54, 1.807) is 0 Å². The summed E-state index contributed by atoms with van der Waals surface area (Å²) < 4.78 is 5.02. The Morgan fingerprint density at radius 3 is 2.33 bits per heavy atom. The molecular weight excluding hydrogens is 279 g/mol. The van der Waals surface area contributed by atoms with Crippen LogP contribution in [0.2, 0.25) is 14.8 Å². The Kier molecular flexibility index (Phi) is 5.65. The van der Waals surface area contributed by atoms with Crippen molar-refractivity contribution in [3.8, 4) is 0 Å². The van der Waals surface area contributed by atoms with Crippen LogP contribution in [-0.4, -0.2) is 34.7 Å². The molecule has 0 heterocycles. The molecular formula is C8H18O2SSn. The molecule has 1 unspecified atom stereocenters. The SMILES string of the molecule is COC(=O)CC[CH](S)[Sn]([CH3])([CH3])[CH3]. The number of carbonyl (C=O) groups is 1. The van der Waals surface area contributed by atoms with Gasteiger partial charge in [0, 0.05) is 0 Å². The average molecular weight is 297 g/mol. The third-order valence-electron chi connectivity index (χ3n) is 1.85. The molecule has 0 aliphatic carbocycles. The summed E-state index contributed by atoms with van der Waals surface area (Å²) in [5.41, 5.74) is 0. The fraction of sp³-hybridized carbons (Fsp3) is 0.875. The second-order valence-corrected chi connectivity index (χ2v) is 21.5. The van der Waals surface area contributed by atoms with Crippen molar-refractivity contribution in [1.29, 1.82) is 0 Å². The van der Waals surface area contributed by atoms with Crippen LogP contribution in [0.1, 0.15) is 12.8 Å². The number of hydrogen-bond donors (Lipinski definition) is 1. The fourth-order valence-electron chi connectivity index (χ4n) is 0.790. The quantitative estimate of drug-likeness (QED) is 0.489. The van der Waals surface area contributed by atoms with E-state index in [0.717, 1.165) is 6.42 Å². The summed E-state index contributed by atoms with van der Waals surface area (Å²) in [4.78, 5) is 17.8. The van der Waals surface area contributed by atoms with E-state index in [1.807, 2.05) is 0 Å². The summed E-state index contributed by atoms with van der Waals surface area (Å²) in [6, 6.07) is 0. The zero-order valence-electron chi connectivity index (χ0n) is 8.26. The van der Waals surface area contributed by atoms with Crippen LogP contribution in [0.25, 0.3) is 0 Å². The molecule has 2 nitrogen and oxygen atoms in total.